The first kappa shape index (κ1) is 10.3. The molecule has 0 bridgehead atoms. The quantitative estimate of drug-likeness (QED) is 0.796. The van der Waals surface area contributed by atoms with Gasteiger partial charge in [0.25, 0.3) is 0 Å². The van der Waals surface area contributed by atoms with Crippen molar-refractivity contribution in [1.29, 1.82) is 0 Å². The Hall–Kier alpha value is -1.22. The van der Waals surface area contributed by atoms with E-state index < -0.39 is 5.60 Å². The van der Waals surface area contributed by atoms with Crippen molar-refractivity contribution in [3.63, 3.8) is 0 Å². The third kappa shape index (κ3) is 1.79. The molecular weight excluding hydrogens is 192 g/mol. The van der Waals surface area contributed by atoms with E-state index in [1.807, 2.05) is 12.1 Å². The van der Waals surface area contributed by atoms with Crippen molar-refractivity contribution in [1.82, 2.24) is 0 Å². The van der Waals surface area contributed by atoms with Crippen LogP contribution in [0.2, 0.25) is 0 Å². The van der Waals surface area contributed by atoms with Crippen LogP contribution in [0.4, 0.5) is 0 Å². The molecule has 0 aromatic heterocycles. The van der Waals surface area contributed by atoms with Crippen LogP contribution < -0.4 is 9.47 Å². The maximum absolute atomic E-state index is 9.85. The van der Waals surface area contributed by atoms with Crippen molar-refractivity contribution < 1.29 is 14.6 Å². The minimum absolute atomic E-state index is 0.572. The van der Waals surface area contributed by atoms with Crippen molar-refractivity contribution in [2.75, 3.05) is 14.2 Å². The van der Waals surface area contributed by atoms with E-state index in [0.29, 0.717) is 24.3 Å². The molecule has 0 unspecified atom stereocenters. The highest BCUT2D eigenvalue weighted by molar-refractivity contribution is 5.50. The Kier molecular flexibility index (Phi) is 2.35. The van der Waals surface area contributed by atoms with Gasteiger partial charge in [0, 0.05) is 12.8 Å². The number of rotatable bonds is 2. The molecule has 0 amide bonds. The Morgan fingerprint density at radius 2 is 1.53 bits per heavy atom. The van der Waals surface area contributed by atoms with Crippen LogP contribution >= 0.6 is 0 Å². The van der Waals surface area contributed by atoms with Crippen molar-refractivity contribution >= 4 is 0 Å². The molecule has 2 rings (SSSR count). The lowest BCUT2D eigenvalue weighted by Gasteiger charge is -2.13. The zero-order valence-electron chi connectivity index (χ0n) is 9.04. The lowest BCUT2D eigenvalue weighted by molar-refractivity contribution is 0.100. The number of methoxy groups -OCH3 is 2. The van der Waals surface area contributed by atoms with Crippen LogP contribution in [0.1, 0.15) is 11.1 Å². The van der Waals surface area contributed by atoms with E-state index in [9.17, 15) is 5.11 Å². The van der Waals surface area contributed by atoms with Crippen LogP contribution in [0.25, 0.3) is 0 Å². The van der Waals surface area contributed by atoms with Crippen LogP contribution in [0.3, 0.4) is 0 Å². The number of ether oxygens (including phenoxy) is 2. The minimum atomic E-state index is -0.875. The molecule has 1 radical (unpaired) electrons. The molecule has 0 spiro atoms. The van der Waals surface area contributed by atoms with Gasteiger partial charge in [-0.2, -0.15) is 0 Å². The van der Waals surface area contributed by atoms with Gasteiger partial charge < -0.3 is 14.6 Å². The van der Waals surface area contributed by atoms with Crippen molar-refractivity contribution in [2.45, 2.75) is 18.4 Å². The van der Waals surface area contributed by atoms with Crippen LogP contribution in [-0.4, -0.2) is 24.9 Å². The molecule has 0 saturated heterocycles. The molecule has 0 aliphatic heterocycles. The van der Waals surface area contributed by atoms with Crippen molar-refractivity contribution in [3.8, 4) is 11.5 Å². The van der Waals surface area contributed by atoms with Gasteiger partial charge in [0.2, 0.25) is 0 Å². The van der Waals surface area contributed by atoms with Crippen LogP contribution in [0, 0.1) is 6.92 Å². The summed E-state index contributed by atoms with van der Waals surface area (Å²) >= 11 is 0. The van der Waals surface area contributed by atoms with Crippen molar-refractivity contribution in [2.24, 2.45) is 0 Å². The molecule has 0 fully saturated rings. The third-order valence-electron chi connectivity index (χ3n) is 2.74. The van der Waals surface area contributed by atoms with Gasteiger partial charge in [-0.15, -0.1) is 0 Å². The lowest BCUT2D eigenvalue weighted by Crippen LogP contribution is -2.24. The highest BCUT2D eigenvalue weighted by Gasteiger charge is 2.31. The first-order chi connectivity index (χ1) is 7.05. The zero-order valence-corrected chi connectivity index (χ0v) is 9.04. The molecule has 3 heteroatoms. The Morgan fingerprint density at radius 1 is 1.13 bits per heavy atom. The summed E-state index contributed by atoms with van der Waals surface area (Å²) in [7, 11) is 3.21. The molecule has 1 aliphatic rings. The fourth-order valence-corrected chi connectivity index (χ4v) is 2.06. The largest absolute Gasteiger partial charge is 0.493 e. The van der Waals surface area contributed by atoms with Crippen molar-refractivity contribution in [3.05, 3.63) is 30.2 Å². The molecular formula is C12H15O3. The molecule has 3 nitrogen and oxygen atoms in total. The Bertz CT molecular complexity index is 348. The van der Waals surface area contributed by atoms with Gasteiger partial charge >= 0.3 is 0 Å². The van der Waals surface area contributed by atoms with Crippen LogP contribution in [-0.2, 0) is 12.8 Å². The Labute approximate surface area is 89.6 Å². The molecule has 1 aliphatic carbocycles. The number of hydrogen-bond donors (Lipinski definition) is 1. The SMILES string of the molecule is [CH2]C1(O)Cc2cc(OC)c(OC)cc2C1. The topological polar surface area (TPSA) is 38.7 Å². The number of aliphatic hydroxyl groups is 1. The number of fused-ring (bicyclic) bond motifs is 1. The summed E-state index contributed by atoms with van der Waals surface area (Å²) in [4.78, 5) is 0. The van der Waals surface area contributed by atoms with E-state index >= 15 is 0 Å². The van der Waals surface area contributed by atoms with Gasteiger partial charge in [0.1, 0.15) is 0 Å². The lowest BCUT2D eigenvalue weighted by atomic mass is 10.0. The highest BCUT2D eigenvalue weighted by Crippen LogP contribution is 2.37. The minimum Gasteiger partial charge on any atom is -0.493 e. The summed E-state index contributed by atoms with van der Waals surface area (Å²) in [6.45, 7) is 3.77. The van der Waals surface area contributed by atoms with E-state index in [1.54, 1.807) is 14.2 Å². The molecule has 0 saturated carbocycles. The molecule has 1 N–H and O–H groups in total. The number of hydrogen-bond acceptors (Lipinski definition) is 3. The first-order valence-electron chi connectivity index (χ1n) is 4.87. The molecule has 15 heavy (non-hydrogen) atoms. The molecule has 1 aromatic rings. The Balaban J connectivity index is 2.44. The van der Waals surface area contributed by atoms with Crippen LogP contribution in [0.5, 0.6) is 11.5 Å². The fraction of sp³-hybridized carbons (Fsp3) is 0.417. The second-order valence-electron chi connectivity index (χ2n) is 4.05. The number of benzene rings is 1. The third-order valence-corrected chi connectivity index (χ3v) is 2.74. The zero-order chi connectivity index (χ0) is 11.1. The molecule has 0 atom stereocenters. The van der Waals surface area contributed by atoms with E-state index in [4.69, 9.17) is 9.47 Å². The standard InChI is InChI=1S/C12H15O3/c1-12(13)6-8-4-10(14-2)11(15-3)5-9(8)7-12/h4-5,13H,1,6-7H2,2-3H3. The monoisotopic (exact) mass is 207 g/mol. The van der Waals surface area contributed by atoms with E-state index in [1.165, 1.54) is 0 Å². The fourth-order valence-electron chi connectivity index (χ4n) is 2.06. The van der Waals surface area contributed by atoms with Gasteiger partial charge in [-0.05, 0) is 30.2 Å². The molecule has 0 heterocycles. The predicted octanol–water partition coefficient (Wildman–Crippen LogP) is 1.37. The average Bonchev–Trinajstić information content (AvgIpc) is 2.48. The maximum Gasteiger partial charge on any atom is 0.161 e. The summed E-state index contributed by atoms with van der Waals surface area (Å²) in [5, 5.41) is 9.85. The predicted molar refractivity (Wildman–Crippen MR) is 57.3 cm³/mol. The highest BCUT2D eigenvalue weighted by atomic mass is 16.5. The summed E-state index contributed by atoms with van der Waals surface area (Å²) in [5.74, 6) is 1.41. The second kappa shape index (κ2) is 3.42. The van der Waals surface area contributed by atoms with Gasteiger partial charge in [-0.3, -0.25) is 0 Å². The normalized spacial score (nSPS) is 17.3. The van der Waals surface area contributed by atoms with Gasteiger partial charge in [-0.1, -0.05) is 0 Å². The van der Waals surface area contributed by atoms with Gasteiger partial charge in [0.15, 0.2) is 11.5 Å². The smallest absolute Gasteiger partial charge is 0.161 e. The summed E-state index contributed by atoms with van der Waals surface area (Å²) < 4.78 is 10.4. The summed E-state index contributed by atoms with van der Waals surface area (Å²) in [6.07, 6.45) is 1.14. The maximum atomic E-state index is 9.85. The molecule has 81 valence electrons. The second-order valence-corrected chi connectivity index (χ2v) is 4.05. The summed E-state index contributed by atoms with van der Waals surface area (Å²) in [5.41, 5.74) is 1.30. The molecule has 1 aromatic carbocycles. The van der Waals surface area contributed by atoms with Crippen LogP contribution in [0.15, 0.2) is 12.1 Å². The Morgan fingerprint density at radius 3 is 1.87 bits per heavy atom. The van der Waals surface area contributed by atoms with E-state index in [-0.39, 0.29) is 0 Å². The van der Waals surface area contributed by atoms with Gasteiger partial charge in [-0.25, -0.2) is 0 Å². The van der Waals surface area contributed by atoms with E-state index in [0.717, 1.165) is 11.1 Å². The average molecular weight is 207 g/mol. The first-order valence-corrected chi connectivity index (χ1v) is 4.87. The summed E-state index contributed by atoms with van der Waals surface area (Å²) in [6, 6.07) is 3.83. The van der Waals surface area contributed by atoms with E-state index in [2.05, 4.69) is 6.92 Å². The van der Waals surface area contributed by atoms with Gasteiger partial charge in [0.05, 0.1) is 19.8 Å².